The van der Waals surface area contributed by atoms with Crippen LogP contribution in [0.2, 0.25) is 0 Å². The van der Waals surface area contributed by atoms with Gasteiger partial charge in [0.2, 0.25) is 5.91 Å². The molecule has 0 aliphatic heterocycles. The van der Waals surface area contributed by atoms with Crippen LogP contribution in [0, 0.1) is 12.7 Å². The van der Waals surface area contributed by atoms with Gasteiger partial charge in [0, 0.05) is 6.92 Å². The van der Waals surface area contributed by atoms with E-state index in [9.17, 15) is 14.4 Å². The number of halogens is 1. The first-order valence-electron chi connectivity index (χ1n) is 7.42. The lowest BCUT2D eigenvalue weighted by Crippen LogP contribution is -2.32. The summed E-state index contributed by atoms with van der Waals surface area (Å²) in [5.74, 6) is -0.622. The van der Waals surface area contributed by atoms with E-state index in [2.05, 4.69) is 0 Å². The van der Waals surface area contributed by atoms with E-state index >= 15 is 0 Å². The largest absolute Gasteiger partial charge is 0.285 e. The molecule has 1 N–H and O–H groups in total. The molecule has 0 aliphatic rings. The van der Waals surface area contributed by atoms with Gasteiger partial charge in [0.25, 0.3) is 0 Å². The lowest BCUT2D eigenvalue weighted by molar-refractivity contribution is -0.167. The van der Waals surface area contributed by atoms with Crippen LogP contribution in [-0.4, -0.2) is 22.2 Å². The Labute approximate surface area is 135 Å². The van der Waals surface area contributed by atoms with Gasteiger partial charge in [-0.15, -0.1) is 0 Å². The second-order valence-electron chi connectivity index (χ2n) is 5.55. The third-order valence-electron chi connectivity index (χ3n) is 3.65. The summed E-state index contributed by atoms with van der Waals surface area (Å²) in [4.78, 5) is 11.1. The number of carbonyl (C=O) groups excluding carboxylic acids is 1. The summed E-state index contributed by atoms with van der Waals surface area (Å²) in [6, 6.07) is 12.4. The highest BCUT2D eigenvalue weighted by atomic mass is 19.1. The maximum Gasteiger partial charge on any atom is 0.243 e. The number of carbonyl (C=O) groups is 1. The molecule has 23 heavy (non-hydrogen) atoms. The van der Waals surface area contributed by atoms with Gasteiger partial charge < -0.3 is 0 Å². The Kier molecular flexibility index (Phi) is 5.29. The Morgan fingerprint density at radius 1 is 1.22 bits per heavy atom. The Bertz CT molecular complexity index is 740. The highest BCUT2D eigenvalue weighted by Gasteiger charge is 2.10. The molecule has 0 spiro atoms. The van der Waals surface area contributed by atoms with Gasteiger partial charge in [0.15, 0.2) is 0 Å². The quantitative estimate of drug-likeness (QED) is 0.669. The zero-order chi connectivity index (χ0) is 17.0. The average molecular weight is 313 g/mol. The molecule has 0 saturated heterocycles. The van der Waals surface area contributed by atoms with Crippen molar-refractivity contribution in [3.8, 4) is 11.1 Å². The van der Waals surface area contributed by atoms with E-state index in [4.69, 9.17) is 0 Å². The van der Waals surface area contributed by atoms with Crippen LogP contribution in [0.1, 0.15) is 25.0 Å². The van der Waals surface area contributed by atoms with Crippen molar-refractivity contribution in [2.45, 2.75) is 26.8 Å². The molecule has 0 aromatic heterocycles. The third kappa shape index (κ3) is 4.27. The second kappa shape index (κ2) is 7.20. The van der Waals surface area contributed by atoms with Crippen molar-refractivity contribution in [1.29, 1.82) is 0 Å². The zero-order valence-electron chi connectivity index (χ0n) is 13.5. The molecule has 2 aromatic rings. The fourth-order valence-corrected chi connectivity index (χ4v) is 2.26. The molecule has 0 fully saturated rings. The molecular formula is C19H20FNO2. The maximum atomic E-state index is 13.4. The summed E-state index contributed by atoms with van der Waals surface area (Å²) in [6.07, 6.45) is 3.59. The van der Waals surface area contributed by atoms with Crippen molar-refractivity contribution in [1.82, 2.24) is 5.06 Å². The number of nitrogens with zero attached hydrogens (tertiary/aromatic N) is 1. The lowest BCUT2D eigenvalue weighted by atomic mass is 10.0. The predicted octanol–water partition coefficient (Wildman–Crippen LogP) is 4.44. The van der Waals surface area contributed by atoms with Gasteiger partial charge in [-0.25, -0.2) is 9.45 Å². The molecule has 0 heterocycles. The van der Waals surface area contributed by atoms with Crippen molar-refractivity contribution < 1.29 is 14.4 Å². The van der Waals surface area contributed by atoms with Gasteiger partial charge in [-0.1, -0.05) is 36.4 Å². The van der Waals surface area contributed by atoms with E-state index in [0.29, 0.717) is 10.6 Å². The van der Waals surface area contributed by atoms with Gasteiger partial charge in [0.1, 0.15) is 5.82 Å². The minimum atomic E-state index is -0.413. The molecule has 2 rings (SSSR count). The van der Waals surface area contributed by atoms with Crippen LogP contribution in [0.15, 0.2) is 48.5 Å². The van der Waals surface area contributed by atoms with Crippen LogP contribution in [-0.2, 0) is 4.79 Å². The first kappa shape index (κ1) is 16.9. The first-order valence-corrected chi connectivity index (χ1v) is 7.42. The van der Waals surface area contributed by atoms with E-state index < -0.39 is 11.9 Å². The Hall–Kier alpha value is -2.46. The summed E-state index contributed by atoms with van der Waals surface area (Å²) in [7, 11) is 0. The van der Waals surface area contributed by atoms with Crippen molar-refractivity contribution >= 4 is 12.0 Å². The average Bonchev–Trinajstić information content (AvgIpc) is 2.54. The lowest BCUT2D eigenvalue weighted by Gasteiger charge is -2.17. The number of benzene rings is 2. The Morgan fingerprint density at radius 3 is 2.57 bits per heavy atom. The summed E-state index contributed by atoms with van der Waals surface area (Å²) >= 11 is 0. The minimum Gasteiger partial charge on any atom is -0.285 e. The molecule has 0 bridgehead atoms. The second-order valence-corrected chi connectivity index (χ2v) is 5.55. The molecule has 1 amide bonds. The number of amides is 1. The van der Waals surface area contributed by atoms with Crippen LogP contribution < -0.4 is 0 Å². The third-order valence-corrected chi connectivity index (χ3v) is 3.65. The first-order chi connectivity index (χ1) is 10.9. The molecule has 0 saturated carbocycles. The molecule has 0 aliphatic carbocycles. The van der Waals surface area contributed by atoms with Gasteiger partial charge in [0.05, 0.1) is 6.04 Å². The van der Waals surface area contributed by atoms with E-state index in [1.807, 2.05) is 36.4 Å². The highest BCUT2D eigenvalue weighted by Crippen LogP contribution is 2.23. The van der Waals surface area contributed by atoms with Gasteiger partial charge >= 0.3 is 0 Å². The van der Waals surface area contributed by atoms with Crippen LogP contribution in [0.25, 0.3) is 17.2 Å². The maximum absolute atomic E-state index is 13.4. The molecular weight excluding hydrogens is 293 g/mol. The smallest absolute Gasteiger partial charge is 0.243 e. The summed E-state index contributed by atoms with van der Waals surface area (Å²) in [5, 5.41) is 10.2. The Morgan fingerprint density at radius 2 is 1.91 bits per heavy atom. The SMILES string of the molecule is CC(=O)N(O)[C@@H](C)C=Cc1cccc(-c2ccc(F)c(C)c2)c1. The fourth-order valence-electron chi connectivity index (χ4n) is 2.26. The van der Waals surface area contributed by atoms with Gasteiger partial charge in [-0.05, 0) is 54.3 Å². The topological polar surface area (TPSA) is 40.5 Å². The molecule has 3 nitrogen and oxygen atoms in total. The van der Waals surface area contributed by atoms with Crippen LogP contribution in [0.3, 0.4) is 0 Å². The van der Waals surface area contributed by atoms with E-state index in [-0.39, 0.29) is 5.82 Å². The summed E-state index contributed by atoms with van der Waals surface area (Å²) < 4.78 is 13.4. The number of rotatable bonds is 4. The Balaban J connectivity index is 2.23. The van der Waals surface area contributed by atoms with Crippen molar-refractivity contribution in [3.05, 3.63) is 65.5 Å². The molecule has 120 valence electrons. The normalized spacial score (nSPS) is 12.4. The monoisotopic (exact) mass is 313 g/mol. The standard InChI is InChI=1S/C19H20FNO2/c1-13-11-18(9-10-19(13)20)17-6-4-5-16(12-17)8-7-14(2)21(23)15(3)22/h4-12,14,23H,1-3H3/t14-/m0/s1. The zero-order valence-corrected chi connectivity index (χ0v) is 13.5. The fraction of sp³-hybridized carbons (Fsp3) is 0.211. The molecule has 4 heteroatoms. The van der Waals surface area contributed by atoms with Crippen molar-refractivity contribution in [3.63, 3.8) is 0 Å². The minimum absolute atomic E-state index is 0.217. The van der Waals surface area contributed by atoms with Crippen molar-refractivity contribution in [2.24, 2.45) is 0 Å². The van der Waals surface area contributed by atoms with Crippen LogP contribution in [0.5, 0.6) is 0 Å². The van der Waals surface area contributed by atoms with Crippen LogP contribution >= 0.6 is 0 Å². The summed E-state index contributed by atoms with van der Waals surface area (Å²) in [6.45, 7) is 4.77. The van der Waals surface area contributed by atoms with Gasteiger partial charge in [-0.3, -0.25) is 10.0 Å². The van der Waals surface area contributed by atoms with E-state index in [1.54, 1.807) is 26.0 Å². The number of hydroxylamine groups is 2. The molecule has 0 unspecified atom stereocenters. The molecule has 2 aromatic carbocycles. The summed E-state index contributed by atoms with van der Waals surface area (Å²) in [5.41, 5.74) is 3.47. The number of hydrogen-bond donors (Lipinski definition) is 1. The van der Waals surface area contributed by atoms with E-state index in [0.717, 1.165) is 16.7 Å². The van der Waals surface area contributed by atoms with Gasteiger partial charge in [-0.2, -0.15) is 0 Å². The molecule has 0 radical (unpaired) electrons. The van der Waals surface area contributed by atoms with E-state index in [1.165, 1.54) is 13.0 Å². The molecule has 1 atom stereocenters. The predicted molar refractivity (Wildman–Crippen MR) is 89.4 cm³/mol. The number of hydrogen-bond acceptors (Lipinski definition) is 2. The number of aryl methyl sites for hydroxylation is 1. The van der Waals surface area contributed by atoms with Crippen LogP contribution in [0.4, 0.5) is 4.39 Å². The highest BCUT2D eigenvalue weighted by molar-refractivity contribution is 5.73. The van der Waals surface area contributed by atoms with Crippen molar-refractivity contribution in [2.75, 3.05) is 0 Å².